The summed E-state index contributed by atoms with van der Waals surface area (Å²) in [4.78, 5) is 34.7. The van der Waals surface area contributed by atoms with Crippen LogP contribution in [0.25, 0.3) is 26.7 Å². The number of likely N-dealkylation sites (tertiary alicyclic amines) is 1. The topological polar surface area (TPSA) is 63.9 Å². The number of para-hydroxylation sites is 1. The fraction of sp³-hybridized carbons (Fsp3) is 0.240. The largest absolute Gasteiger partial charge is 0.465 e. The SMILES string of the molecule is COC(=O)c1sc2c(c1N=C1CCCN1C)c1ccccc1c(=O)n2-c1ccccc1C. The van der Waals surface area contributed by atoms with Gasteiger partial charge in [0.15, 0.2) is 0 Å². The fourth-order valence-electron chi connectivity index (χ4n) is 4.35. The number of aliphatic imine (C=N–C) groups is 1. The zero-order chi connectivity index (χ0) is 22.4. The molecule has 0 saturated carbocycles. The van der Waals surface area contributed by atoms with Crippen molar-refractivity contribution in [3.63, 3.8) is 0 Å². The number of thiophene rings is 1. The van der Waals surface area contributed by atoms with Gasteiger partial charge in [0.2, 0.25) is 0 Å². The third-order valence-electron chi connectivity index (χ3n) is 6.00. The van der Waals surface area contributed by atoms with Crippen molar-refractivity contribution in [3.8, 4) is 5.69 Å². The number of carbonyl (C=O) groups excluding carboxylic acids is 1. The highest BCUT2D eigenvalue weighted by molar-refractivity contribution is 7.21. The number of benzene rings is 2. The molecular formula is C25H23N3O3S. The van der Waals surface area contributed by atoms with Gasteiger partial charge >= 0.3 is 5.97 Å². The molecule has 0 unspecified atom stereocenters. The standard InChI is InChI=1S/C25H23N3O3S/c1-15-9-4-7-12-18(15)28-23(29)17-11-6-5-10-16(17)20-21(26-19-13-8-14-27(19)2)22(25(30)31-3)32-24(20)28/h4-7,9-12H,8,13-14H2,1-3H3. The van der Waals surface area contributed by atoms with Crippen LogP contribution >= 0.6 is 11.3 Å². The molecule has 5 rings (SSSR count). The highest BCUT2D eigenvalue weighted by atomic mass is 32.1. The van der Waals surface area contributed by atoms with Crippen molar-refractivity contribution < 1.29 is 9.53 Å². The van der Waals surface area contributed by atoms with E-state index in [9.17, 15) is 9.59 Å². The first-order valence-electron chi connectivity index (χ1n) is 10.5. The molecule has 0 bridgehead atoms. The van der Waals surface area contributed by atoms with Crippen LogP contribution in [-0.4, -0.2) is 42.0 Å². The lowest BCUT2D eigenvalue weighted by Gasteiger charge is -2.13. The van der Waals surface area contributed by atoms with Crippen molar-refractivity contribution in [2.75, 3.05) is 20.7 Å². The minimum atomic E-state index is -0.445. The zero-order valence-electron chi connectivity index (χ0n) is 18.2. The summed E-state index contributed by atoms with van der Waals surface area (Å²) in [5, 5.41) is 2.20. The molecule has 6 nitrogen and oxygen atoms in total. The van der Waals surface area contributed by atoms with Crippen LogP contribution in [0.3, 0.4) is 0 Å². The molecular weight excluding hydrogens is 422 g/mol. The number of amidine groups is 1. The van der Waals surface area contributed by atoms with E-state index in [-0.39, 0.29) is 5.56 Å². The number of carbonyl (C=O) groups is 1. The van der Waals surface area contributed by atoms with Crippen LogP contribution in [-0.2, 0) is 4.74 Å². The van der Waals surface area contributed by atoms with Crippen molar-refractivity contribution >= 4 is 49.8 Å². The smallest absolute Gasteiger partial charge is 0.350 e. The Hall–Kier alpha value is -3.45. The van der Waals surface area contributed by atoms with Crippen LogP contribution in [0, 0.1) is 6.92 Å². The Bertz CT molecular complexity index is 1460. The van der Waals surface area contributed by atoms with Gasteiger partial charge in [0, 0.05) is 30.8 Å². The number of methoxy groups -OCH3 is 1. The Morgan fingerprint density at radius 2 is 1.81 bits per heavy atom. The second-order valence-electron chi connectivity index (χ2n) is 7.98. The maximum absolute atomic E-state index is 13.7. The van der Waals surface area contributed by atoms with Gasteiger partial charge in [0.05, 0.1) is 12.8 Å². The summed E-state index contributed by atoms with van der Waals surface area (Å²) < 4.78 is 6.83. The monoisotopic (exact) mass is 445 g/mol. The molecule has 1 aliphatic rings. The third-order valence-corrected chi connectivity index (χ3v) is 7.14. The maximum atomic E-state index is 13.7. The van der Waals surface area contributed by atoms with Crippen molar-refractivity contribution in [2.24, 2.45) is 4.99 Å². The van der Waals surface area contributed by atoms with Gasteiger partial charge in [0.25, 0.3) is 5.56 Å². The van der Waals surface area contributed by atoms with Gasteiger partial charge in [-0.1, -0.05) is 36.4 Å². The third kappa shape index (κ3) is 3.12. The zero-order valence-corrected chi connectivity index (χ0v) is 19.0. The predicted molar refractivity (Wildman–Crippen MR) is 130 cm³/mol. The average Bonchev–Trinajstić information content (AvgIpc) is 3.38. The molecule has 162 valence electrons. The van der Waals surface area contributed by atoms with E-state index in [0.717, 1.165) is 47.2 Å². The average molecular weight is 446 g/mol. The number of pyridine rings is 1. The van der Waals surface area contributed by atoms with Crippen molar-refractivity contribution in [1.29, 1.82) is 0 Å². The van der Waals surface area contributed by atoms with Gasteiger partial charge in [-0.25, -0.2) is 9.79 Å². The van der Waals surface area contributed by atoms with E-state index >= 15 is 0 Å². The normalized spacial score (nSPS) is 15.2. The molecule has 0 amide bonds. The van der Waals surface area contributed by atoms with Crippen molar-refractivity contribution in [1.82, 2.24) is 9.47 Å². The van der Waals surface area contributed by atoms with E-state index < -0.39 is 5.97 Å². The summed E-state index contributed by atoms with van der Waals surface area (Å²) in [6.45, 7) is 2.91. The first-order chi connectivity index (χ1) is 15.5. The quantitative estimate of drug-likeness (QED) is 0.414. The molecule has 0 aliphatic carbocycles. The molecule has 1 saturated heterocycles. The molecule has 1 aliphatic heterocycles. The first-order valence-corrected chi connectivity index (χ1v) is 11.4. The summed E-state index contributed by atoms with van der Waals surface area (Å²) in [6.07, 6.45) is 1.88. The maximum Gasteiger partial charge on any atom is 0.350 e. The number of fused-ring (bicyclic) bond motifs is 3. The Balaban J connectivity index is 1.99. The van der Waals surface area contributed by atoms with Crippen LogP contribution in [0.15, 0.2) is 58.3 Å². The van der Waals surface area contributed by atoms with E-state index in [1.54, 1.807) is 4.57 Å². The lowest BCUT2D eigenvalue weighted by Crippen LogP contribution is -2.19. The predicted octanol–water partition coefficient (Wildman–Crippen LogP) is 5.06. The fourth-order valence-corrected chi connectivity index (χ4v) is 5.53. The lowest BCUT2D eigenvalue weighted by atomic mass is 10.1. The Morgan fingerprint density at radius 3 is 2.50 bits per heavy atom. The summed E-state index contributed by atoms with van der Waals surface area (Å²) in [5.74, 6) is 0.492. The number of aromatic nitrogens is 1. The molecule has 0 N–H and O–H groups in total. The van der Waals surface area contributed by atoms with Gasteiger partial charge in [-0.05, 0) is 36.4 Å². The highest BCUT2D eigenvalue weighted by Gasteiger charge is 2.26. The number of nitrogens with zero attached hydrogens (tertiary/aromatic N) is 3. The number of hydrogen-bond donors (Lipinski definition) is 0. The van der Waals surface area contributed by atoms with Crippen molar-refractivity contribution in [2.45, 2.75) is 19.8 Å². The Kier molecular flexibility index (Phi) is 5.06. The molecule has 0 spiro atoms. The molecule has 0 atom stereocenters. The highest BCUT2D eigenvalue weighted by Crippen LogP contribution is 2.43. The number of ether oxygens (including phenoxy) is 1. The first kappa shape index (κ1) is 20.5. The van der Waals surface area contributed by atoms with Gasteiger partial charge < -0.3 is 9.64 Å². The Morgan fingerprint density at radius 1 is 1.09 bits per heavy atom. The number of hydrogen-bond acceptors (Lipinski definition) is 5. The van der Waals surface area contributed by atoms with Crippen molar-refractivity contribution in [3.05, 3.63) is 69.3 Å². The van der Waals surface area contributed by atoms with E-state index in [0.29, 0.717) is 20.8 Å². The molecule has 0 radical (unpaired) electrons. The molecule has 4 aromatic rings. The van der Waals surface area contributed by atoms with Gasteiger partial charge in [-0.3, -0.25) is 9.36 Å². The van der Waals surface area contributed by atoms with Gasteiger partial charge in [-0.15, -0.1) is 11.3 Å². The minimum Gasteiger partial charge on any atom is -0.465 e. The van der Waals surface area contributed by atoms with Crippen LogP contribution in [0.1, 0.15) is 28.1 Å². The van der Waals surface area contributed by atoms with Crippen LogP contribution < -0.4 is 5.56 Å². The molecule has 1 fully saturated rings. The van der Waals surface area contributed by atoms with E-state index in [2.05, 4.69) is 4.90 Å². The van der Waals surface area contributed by atoms with Gasteiger partial charge in [0.1, 0.15) is 21.2 Å². The number of rotatable bonds is 3. The summed E-state index contributed by atoms with van der Waals surface area (Å²) >= 11 is 1.26. The molecule has 2 aromatic heterocycles. The van der Waals surface area contributed by atoms with E-state index in [1.807, 2.05) is 62.5 Å². The van der Waals surface area contributed by atoms with Crippen LogP contribution in [0.4, 0.5) is 5.69 Å². The summed E-state index contributed by atoms with van der Waals surface area (Å²) in [5.41, 5.74) is 2.24. The Labute approximate surface area is 189 Å². The van der Waals surface area contributed by atoms with Gasteiger partial charge in [-0.2, -0.15) is 0 Å². The summed E-state index contributed by atoms with van der Waals surface area (Å²) in [7, 11) is 3.39. The minimum absolute atomic E-state index is 0.114. The number of aryl methyl sites for hydroxylation is 1. The van der Waals surface area contributed by atoms with Crippen LogP contribution in [0.2, 0.25) is 0 Å². The molecule has 7 heteroatoms. The van der Waals surface area contributed by atoms with Crippen LogP contribution in [0.5, 0.6) is 0 Å². The second-order valence-corrected chi connectivity index (χ2v) is 8.98. The molecule has 32 heavy (non-hydrogen) atoms. The number of esters is 1. The van der Waals surface area contributed by atoms with E-state index in [1.165, 1.54) is 18.4 Å². The lowest BCUT2D eigenvalue weighted by molar-refractivity contribution is 0.0607. The molecule has 2 aromatic carbocycles. The second kappa shape index (κ2) is 7.91. The molecule has 3 heterocycles. The summed E-state index contributed by atoms with van der Waals surface area (Å²) in [6, 6.07) is 15.3. The van der Waals surface area contributed by atoms with E-state index in [4.69, 9.17) is 9.73 Å².